The third-order valence-corrected chi connectivity index (χ3v) is 5.89. The molecule has 5 nitrogen and oxygen atoms in total. The molecule has 0 bridgehead atoms. The molecule has 0 aromatic carbocycles. The molecule has 6 heteroatoms. The van der Waals surface area contributed by atoms with Crippen LogP contribution in [0.25, 0.3) is 0 Å². The molecular weight excluding hydrogens is 250 g/mol. The molecular formula is C12H25N3O2S. The third kappa shape index (κ3) is 3.04. The van der Waals surface area contributed by atoms with Gasteiger partial charge in [0.15, 0.2) is 0 Å². The van der Waals surface area contributed by atoms with Gasteiger partial charge in [-0.05, 0) is 19.3 Å². The lowest BCUT2D eigenvalue weighted by Gasteiger charge is -2.39. The number of nitrogens with one attached hydrogen (secondary N) is 1. The Morgan fingerprint density at radius 1 is 1.17 bits per heavy atom. The summed E-state index contributed by atoms with van der Waals surface area (Å²) in [5, 5.41) is 3.16. The first-order valence-electron chi connectivity index (χ1n) is 7.14. The summed E-state index contributed by atoms with van der Waals surface area (Å²) >= 11 is 0. The molecule has 0 atom stereocenters. The van der Waals surface area contributed by atoms with E-state index in [2.05, 4.69) is 5.32 Å². The summed E-state index contributed by atoms with van der Waals surface area (Å²) < 4.78 is 28.8. The maximum Gasteiger partial charge on any atom is 0.282 e. The van der Waals surface area contributed by atoms with Crippen molar-refractivity contribution in [3.05, 3.63) is 0 Å². The normalized spacial score (nSPS) is 23.9. The van der Waals surface area contributed by atoms with Crippen molar-refractivity contribution in [2.45, 2.75) is 45.1 Å². The van der Waals surface area contributed by atoms with E-state index < -0.39 is 10.2 Å². The predicted molar refractivity (Wildman–Crippen MR) is 72.6 cm³/mol. The van der Waals surface area contributed by atoms with Crippen molar-refractivity contribution in [3.8, 4) is 0 Å². The van der Waals surface area contributed by atoms with Crippen LogP contribution in [-0.4, -0.2) is 55.8 Å². The van der Waals surface area contributed by atoms with Crippen molar-refractivity contribution in [2.75, 3.05) is 32.7 Å². The van der Waals surface area contributed by atoms with E-state index in [1.807, 2.05) is 6.92 Å². The Morgan fingerprint density at radius 2 is 1.78 bits per heavy atom. The minimum Gasteiger partial charge on any atom is -0.313 e. The second-order valence-electron chi connectivity index (χ2n) is 5.24. The lowest BCUT2D eigenvalue weighted by molar-refractivity contribution is 0.224. The van der Waals surface area contributed by atoms with Gasteiger partial charge in [0, 0.05) is 32.7 Å². The second kappa shape index (κ2) is 6.32. The Kier molecular flexibility index (Phi) is 5.00. The molecule has 0 aromatic rings. The molecule has 0 aliphatic carbocycles. The third-order valence-electron chi connectivity index (χ3n) is 3.80. The molecule has 2 heterocycles. The van der Waals surface area contributed by atoms with Crippen LogP contribution in [0.15, 0.2) is 0 Å². The van der Waals surface area contributed by atoms with E-state index in [9.17, 15) is 8.42 Å². The fraction of sp³-hybridized carbons (Fsp3) is 1.00. The first-order chi connectivity index (χ1) is 8.66. The highest BCUT2D eigenvalue weighted by molar-refractivity contribution is 7.86. The fourth-order valence-corrected chi connectivity index (χ4v) is 4.56. The molecule has 18 heavy (non-hydrogen) atoms. The smallest absolute Gasteiger partial charge is 0.282 e. The van der Waals surface area contributed by atoms with Crippen LogP contribution >= 0.6 is 0 Å². The summed E-state index contributed by atoms with van der Waals surface area (Å²) in [5.74, 6) is 0. The Morgan fingerprint density at radius 3 is 2.22 bits per heavy atom. The fourth-order valence-electron chi connectivity index (χ4n) is 2.60. The zero-order valence-electron chi connectivity index (χ0n) is 11.3. The highest BCUT2D eigenvalue weighted by Crippen LogP contribution is 2.20. The molecule has 2 fully saturated rings. The minimum atomic E-state index is -3.24. The van der Waals surface area contributed by atoms with Gasteiger partial charge in [-0.25, -0.2) is 0 Å². The van der Waals surface area contributed by atoms with Crippen LogP contribution in [0, 0.1) is 0 Å². The van der Waals surface area contributed by atoms with Gasteiger partial charge < -0.3 is 5.32 Å². The average Bonchev–Trinajstić information content (AvgIpc) is 2.54. The van der Waals surface area contributed by atoms with Crippen molar-refractivity contribution in [3.63, 3.8) is 0 Å². The molecule has 2 saturated heterocycles. The Hall–Kier alpha value is -0.170. The van der Waals surface area contributed by atoms with E-state index in [0.717, 1.165) is 45.2 Å². The largest absolute Gasteiger partial charge is 0.313 e. The van der Waals surface area contributed by atoms with Crippen molar-refractivity contribution < 1.29 is 8.42 Å². The molecule has 2 aliphatic heterocycles. The summed E-state index contributed by atoms with van der Waals surface area (Å²) in [5.41, 5.74) is 0. The summed E-state index contributed by atoms with van der Waals surface area (Å²) in [7, 11) is -3.24. The van der Waals surface area contributed by atoms with Crippen molar-refractivity contribution >= 4 is 10.2 Å². The van der Waals surface area contributed by atoms with Crippen LogP contribution in [0.4, 0.5) is 0 Å². The zero-order valence-corrected chi connectivity index (χ0v) is 12.1. The molecule has 106 valence electrons. The molecule has 0 radical (unpaired) electrons. The van der Waals surface area contributed by atoms with Gasteiger partial charge in [0.2, 0.25) is 0 Å². The van der Waals surface area contributed by atoms with Gasteiger partial charge in [0.05, 0.1) is 6.04 Å². The second-order valence-corrected chi connectivity index (χ2v) is 7.12. The highest BCUT2D eigenvalue weighted by Gasteiger charge is 2.36. The van der Waals surface area contributed by atoms with Crippen molar-refractivity contribution in [2.24, 2.45) is 0 Å². The molecule has 0 saturated carbocycles. The predicted octanol–water partition coefficient (Wildman–Crippen LogP) is 0.791. The topological polar surface area (TPSA) is 52.7 Å². The highest BCUT2D eigenvalue weighted by atomic mass is 32.2. The summed E-state index contributed by atoms with van der Waals surface area (Å²) in [6.07, 6.45) is 5.20. The maximum atomic E-state index is 12.7. The monoisotopic (exact) mass is 275 g/mol. The van der Waals surface area contributed by atoms with Gasteiger partial charge in [0.25, 0.3) is 10.2 Å². The molecule has 0 spiro atoms. The van der Waals surface area contributed by atoms with Gasteiger partial charge in [-0.1, -0.05) is 19.8 Å². The molecule has 1 N–H and O–H groups in total. The SMILES string of the molecule is CCCN(C1CNC1)S(=O)(=O)N1CCCCCC1. The zero-order chi connectivity index (χ0) is 13.0. The van der Waals surface area contributed by atoms with Crippen LogP contribution in [0.3, 0.4) is 0 Å². The standard InChI is InChI=1S/C12H25N3O2S/c1-2-7-15(12-10-13-11-12)18(16,17)14-8-5-3-4-6-9-14/h12-13H,2-11H2,1H3. The first kappa shape index (κ1) is 14.2. The van der Waals surface area contributed by atoms with Gasteiger partial charge in [-0.3, -0.25) is 0 Å². The lowest BCUT2D eigenvalue weighted by atomic mass is 10.2. The number of hydrogen-bond donors (Lipinski definition) is 1. The van der Waals surface area contributed by atoms with Crippen LogP contribution in [-0.2, 0) is 10.2 Å². The van der Waals surface area contributed by atoms with Gasteiger partial charge in [-0.2, -0.15) is 17.0 Å². The molecule has 0 unspecified atom stereocenters. The molecule has 0 amide bonds. The minimum absolute atomic E-state index is 0.165. The van der Waals surface area contributed by atoms with Crippen molar-refractivity contribution in [1.82, 2.24) is 13.9 Å². The summed E-state index contributed by atoms with van der Waals surface area (Å²) in [6, 6.07) is 0.165. The molecule has 2 aliphatic rings. The van der Waals surface area contributed by atoms with Gasteiger partial charge in [0.1, 0.15) is 0 Å². The van der Waals surface area contributed by atoms with E-state index >= 15 is 0 Å². The van der Waals surface area contributed by atoms with Crippen LogP contribution < -0.4 is 5.32 Å². The van der Waals surface area contributed by atoms with E-state index in [1.54, 1.807) is 8.61 Å². The van der Waals surface area contributed by atoms with E-state index in [0.29, 0.717) is 19.6 Å². The molecule has 0 aromatic heterocycles. The Labute approximate surface area is 111 Å². The van der Waals surface area contributed by atoms with Crippen LogP contribution in [0.2, 0.25) is 0 Å². The summed E-state index contributed by atoms with van der Waals surface area (Å²) in [6.45, 7) is 5.67. The lowest BCUT2D eigenvalue weighted by Crippen LogP contribution is -2.61. The first-order valence-corrected chi connectivity index (χ1v) is 8.53. The van der Waals surface area contributed by atoms with Crippen molar-refractivity contribution in [1.29, 1.82) is 0 Å². The quantitative estimate of drug-likeness (QED) is 0.807. The van der Waals surface area contributed by atoms with Crippen LogP contribution in [0.5, 0.6) is 0 Å². The molecule has 2 rings (SSSR count). The van der Waals surface area contributed by atoms with E-state index in [4.69, 9.17) is 0 Å². The Balaban J connectivity index is 2.09. The van der Waals surface area contributed by atoms with E-state index in [1.165, 1.54) is 0 Å². The average molecular weight is 275 g/mol. The van der Waals surface area contributed by atoms with E-state index in [-0.39, 0.29) is 6.04 Å². The number of hydrogen-bond acceptors (Lipinski definition) is 3. The number of nitrogens with zero attached hydrogens (tertiary/aromatic N) is 2. The maximum absolute atomic E-state index is 12.7. The van der Waals surface area contributed by atoms with Gasteiger partial charge >= 0.3 is 0 Å². The van der Waals surface area contributed by atoms with Gasteiger partial charge in [-0.15, -0.1) is 0 Å². The van der Waals surface area contributed by atoms with Crippen LogP contribution in [0.1, 0.15) is 39.0 Å². The number of rotatable bonds is 5. The summed E-state index contributed by atoms with van der Waals surface area (Å²) in [4.78, 5) is 0. The Bertz CT molecular complexity index is 346.